The number of carbonyl (C=O) groups is 1. The van der Waals surface area contributed by atoms with Crippen molar-refractivity contribution in [3.05, 3.63) is 0 Å². The van der Waals surface area contributed by atoms with Crippen LogP contribution in [-0.4, -0.2) is 84.9 Å². The zero-order chi connectivity index (χ0) is 25.2. The van der Waals surface area contributed by atoms with Gasteiger partial charge in [0.05, 0.1) is 36.0 Å². The Bertz CT molecular complexity index is 819. The highest BCUT2D eigenvalue weighted by molar-refractivity contribution is 7.89. The summed E-state index contributed by atoms with van der Waals surface area (Å²) in [6.45, 7) is 3.02. The average Bonchev–Trinajstić information content (AvgIpc) is 2.82. The van der Waals surface area contributed by atoms with Gasteiger partial charge in [-0.05, 0) is 71.1 Å². The van der Waals surface area contributed by atoms with E-state index in [4.69, 9.17) is 32.7 Å². The summed E-state index contributed by atoms with van der Waals surface area (Å²) in [6.07, 6.45) is 4.03. The Morgan fingerprint density at radius 3 is 2.54 bits per heavy atom. The number of sulfonamides is 1. The summed E-state index contributed by atoms with van der Waals surface area (Å²) in [5.74, 6) is -1.21. The van der Waals surface area contributed by atoms with Crippen molar-refractivity contribution >= 4 is 39.1 Å². The van der Waals surface area contributed by atoms with Gasteiger partial charge in [-0.3, -0.25) is 4.79 Å². The molecule has 1 N–H and O–H groups in total. The van der Waals surface area contributed by atoms with Gasteiger partial charge in [0.25, 0.3) is 0 Å². The third kappa shape index (κ3) is 6.45. The van der Waals surface area contributed by atoms with Gasteiger partial charge in [0.2, 0.25) is 15.9 Å². The lowest BCUT2D eigenvalue weighted by Gasteiger charge is -2.49. The maximum absolute atomic E-state index is 14.5. The van der Waals surface area contributed by atoms with Crippen LogP contribution in [0.1, 0.15) is 71.1 Å². The number of nitrogens with one attached hydrogen (secondary N) is 1. The number of alkyl halides is 3. The minimum Gasteiger partial charge on any atom is -0.379 e. The monoisotopic (exact) mass is 556 g/mol. The van der Waals surface area contributed by atoms with Crippen LogP contribution in [0.2, 0.25) is 0 Å². The molecule has 4 rings (SSSR count). The van der Waals surface area contributed by atoms with Gasteiger partial charge in [0.15, 0.2) is 0 Å². The molecule has 1 saturated heterocycles. The van der Waals surface area contributed by atoms with Gasteiger partial charge in [-0.15, -0.1) is 23.2 Å². The van der Waals surface area contributed by atoms with E-state index < -0.39 is 32.7 Å². The first-order chi connectivity index (χ1) is 16.7. The van der Waals surface area contributed by atoms with Gasteiger partial charge in [-0.25, -0.2) is 12.8 Å². The largest absolute Gasteiger partial charge is 0.379 e. The van der Waals surface area contributed by atoms with E-state index >= 15 is 0 Å². The number of fused-ring (bicyclic) bond motifs is 1. The topological polar surface area (TPSA) is 84.9 Å². The second-order valence-electron chi connectivity index (χ2n) is 10.5. The highest BCUT2D eigenvalue weighted by Crippen LogP contribution is 2.38. The number of carbonyl (C=O) groups excluding carboxylic acids is 1. The molecule has 0 aromatic carbocycles. The number of amides is 1. The Balaban J connectivity index is 1.48. The minimum atomic E-state index is -3.58. The van der Waals surface area contributed by atoms with Crippen LogP contribution in [0.25, 0.3) is 0 Å². The zero-order valence-corrected chi connectivity index (χ0v) is 22.7. The first-order valence-electron chi connectivity index (χ1n) is 13.2. The molecular formula is C24H39Cl2FN2O5S. The molecule has 0 aromatic rings. The van der Waals surface area contributed by atoms with Crippen molar-refractivity contribution in [3.8, 4) is 0 Å². The van der Waals surface area contributed by atoms with Crippen LogP contribution in [-0.2, 0) is 24.3 Å². The van der Waals surface area contributed by atoms with Gasteiger partial charge >= 0.3 is 0 Å². The zero-order valence-electron chi connectivity index (χ0n) is 20.4. The van der Waals surface area contributed by atoms with Gasteiger partial charge in [0, 0.05) is 29.9 Å². The first-order valence-corrected chi connectivity index (χ1v) is 15.5. The van der Waals surface area contributed by atoms with Crippen LogP contribution in [0, 0.1) is 5.92 Å². The van der Waals surface area contributed by atoms with Crippen molar-refractivity contribution in [1.82, 2.24) is 9.62 Å². The molecule has 4 aliphatic rings. The smallest absolute Gasteiger partial charge is 0.227 e. The molecule has 3 aliphatic carbocycles. The van der Waals surface area contributed by atoms with Gasteiger partial charge in [0.1, 0.15) is 6.17 Å². The summed E-state index contributed by atoms with van der Waals surface area (Å²) in [5, 5.41) is 2.07. The fourth-order valence-corrected chi connectivity index (χ4v) is 9.11. The van der Waals surface area contributed by atoms with Crippen LogP contribution in [0.5, 0.6) is 0 Å². The van der Waals surface area contributed by atoms with Crippen molar-refractivity contribution in [3.63, 3.8) is 0 Å². The van der Waals surface area contributed by atoms with Crippen LogP contribution in [0.3, 0.4) is 0 Å². The summed E-state index contributed by atoms with van der Waals surface area (Å²) in [7, 11) is -3.58. The molecule has 7 unspecified atom stereocenters. The summed E-state index contributed by atoms with van der Waals surface area (Å²) >= 11 is 12.5. The normalized spacial score (nSPS) is 41.2. The van der Waals surface area contributed by atoms with E-state index in [1.54, 1.807) is 4.31 Å². The molecular weight excluding hydrogens is 518 g/mol. The van der Waals surface area contributed by atoms with E-state index in [1.807, 2.05) is 6.92 Å². The number of hydrogen-bond donors (Lipinski definition) is 1. The predicted octanol–water partition coefficient (Wildman–Crippen LogP) is 3.76. The standard InChI is InChI=1S/C24H39Cl2FN2O5S/c1-2-33-14-17-13-29(35(31,32)18-9-6-15(25)7-10-18)21-12-16(8-11-22(21)34-17)28-24(30)23-19(26)4-3-5-20(23)27/h15-23H,2-14H2,1H3,(H,28,30). The summed E-state index contributed by atoms with van der Waals surface area (Å²) < 4.78 is 55.6. The van der Waals surface area contributed by atoms with Crippen molar-refractivity contribution in [2.24, 2.45) is 5.92 Å². The first kappa shape index (κ1) is 27.8. The van der Waals surface area contributed by atoms with E-state index in [0.717, 1.165) is 0 Å². The number of rotatable bonds is 7. The Labute approximate surface area is 218 Å². The number of ether oxygens (including phenoxy) is 2. The van der Waals surface area contributed by atoms with Crippen LogP contribution in [0.15, 0.2) is 0 Å². The number of morpholine rings is 1. The third-order valence-corrected chi connectivity index (χ3v) is 11.4. The van der Waals surface area contributed by atoms with Gasteiger partial charge in [-0.2, -0.15) is 4.31 Å². The molecule has 0 spiro atoms. The number of nitrogens with zero attached hydrogens (tertiary/aromatic N) is 1. The van der Waals surface area contributed by atoms with E-state index in [1.165, 1.54) is 0 Å². The van der Waals surface area contributed by atoms with Crippen molar-refractivity contribution in [2.75, 3.05) is 19.8 Å². The molecule has 7 nitrogen and oxygen atoms in total. The van der Waals surface area contributed by atoms with Crippen LogP contribution < -0.4 is 5.32 Å². The molecule has 11 heteroatoms. The van der Waals surface area contributed by atoms with Gasteiger partial charge in [-0.1, -0.05) is 0 Å². The molecule has 1 heterocycles. The van der Waals surface area contributed by atoms with Crippen LogP contribution in [0.4, 0.5) is 4.39 Å². The minimum absolute atomic E-state index is 0.0312. The second-order valence-corrected chi connectivity index (χ2v) is 13.9. The highest BCUT2D eigenvalue weighted by atomic mass is 35.5. The second kappa shape index (κ2) is 12.1. The lowest BCUT2D eigenvalue weighted by atomic mass is 9.84. The molecule has 1 aliphatic heterocycles. The van der Waals surface area contributed by atoms with E-state index in [0.29, 0.717) is 77.4 Å². The van der Waals surface area contributed by atoms with Crippen LogP contribution >= 0.6 is 23.2 Å². The molecule has 0 bridgehead atoms. The molecule has 35 heavy (non-hydrogen) atoms. The van der Waals surface area contributed by atoms with Crippen molar-refractivity contribution in [2.45, 2.75) is 118 Å². The Morgan fingerprint density at radius 1 is 1.11 bits per heavy atom. The molecule has 202 valence electrons. The fraction of sp³-hybridized carbons (Fsp3) is 0.958. The Morgan fingerprint density at radius 2 is 1.86 bits per heavy atom. The lowest BCUT2D eigenvalue weighted by molar-refractivity contribution is -0.138. The summed E-state index contributed by atoms with van der Waals surface area (Å²) in [5.41, 5.74) is 0. The SMILES string of the molecule is CCOCC1CN(S(=O)(=O)C2CCC(Cl)CC2)C2CC(NC(=O)C3C(F)CCCC3Cl)CCC2O1. The van der Waals surface area contributed by atoms with Gasteiger partial charge < -0.3 is 14.8 Å². The maximum atomic E-state index is 14.5. The van der Waals surface area contributed by atoms with E-state index in [-0.39, 0.29) is 42.1 Å². The summed E-state index contributed by atoms with van der Waals surface area (Å²) in [4.78, 5) is 12.9. The third-order valence-electron chi connectivity index (χ3n) is 8.12. The lowest BCUT2D eigenvalue weighted by Crippen LogP contribution is -2.63. The van der Waals surface area contributed by atoms with Crippen molar-refractivity contribution < 1.29 is 27.1 Å². The number of hydrogen-bond acceptors (Lipinski definition) is 5. The van der Waals surface area contributed by atoms with Crippen molar-refractivity contribution in [1.29, 1.82) is 0 Å². The average molecular weight is 558 g/mol. The molecule has 1 amide bonds. The molecule has 7 atom stereocenters. The molecule has 0 radical (unpaired) electrons. The molecule has 3 saturated carbocycles. The fourth-order valence-electron chi connectivity index (χ4n) is 6.20. The summed E-state index contributed by atoms with van der Waals surface area (Å²) in [6, 6.07) is -0.616. The quantitative estimate of drug-likeness (QED) is 0.482. The maximum Gasteiger partial charge on any atom is 0.227 e. The Hall–Kier alpha value is -0.190. The predicted molar refractivity (Wildman–Crippen MR) is 134 cm³/mol. The number of halogens is 3. The van der Waals surface area contributed by atoms with E-state index in [2.05, 4.69) is 5.32 Å². The highest BCUT2D eigenvalue weighted by Gasteiger charge is 2.49. The molecule has 0 aromatic heterocycles. The molecule has 4 fully saturated rings. The Kier molecular flexibility index (Phi) is 9.63. The van der Waals surface area contributed by atoms with E-state index in [9.17, 15) is 17.6 Å².